The number of carboxylic acid groups (broad SMARTS) is 1. The van der Waals surface area contributed by atoms with Gasteiger partial charge in [0.15, 0.2) is 0 Å². The Morgan fingerprint density at radius 2 is 2.18 bits per heavy atom. The second-order valence-electron chi connectivity index (χ2n) is 3.35. The van der Waals surface area contributed by atoms with Crippen LogP contribution in [0.2, 0.25) is 0 Å². The molecule has 0 fully saturated rings. The first-order valence-corrected chi connectivity index (χ1v) is 4.90. The summed E-state index contributed by atoms with van der Waals surface area (Å²) in [5, 5.41) is 19.7. The van der Waals surface area contributed by atoms with Gasteiger partial charge in [-0.25, -0.2) is 9.78 Å². The topological polar surface area (TPSA) is 126 Å². The van der Waals surface area contributed by atoms with Gasteiger partial charge in [0.1, 0.15) is 11.7 Å². The van der Waals surface area contributed by atoms with Gasteiger partial charge in [-0.2, -0.15) is 0 Å². The number of nitrogens with two attached hydrogens (primary N) is 1. The second-order valence-corrected chi connectivity index (χ2v) is 3.35. The molecule has 0 aliphatic heterocycles. The van der Waals surface area contributed by atoms with E-state index in [1.807, 2.05) is 0 Å². The third-order valence-corrected chi connectivity index (χ3v) is 2.04. The minimum atomic E-state index is -1.21. The minimum Gasteiger partial charge on any atom is -0.480 e. The molecule has 1 rings (SSSR count). The van der Waals surface area contributed by atoms with Crippen LogP contribution in [-0.2, 0) is 4.79 Å². The first-order valence-electron chi connectivity index (χ1n) is 4.90. The lowest BCUT2D eigenvalue weighted by Crippen LogP contribution is -2.41. The highest BCUT2D eigenvalue weighted by Gasteiger charge is 2.20. The highest BCUT2D eigenvalue weighted by Crippen LogP contribution is 2.02. The van der Waals surface area contributed by atoms with Crippen molar-refractivity contribution in [2.45, 2.75) is 12.5 Å². The number of carboxylic acids is 1. The molecule has 1 heterocycles. The summed E-state index contributed by atoms with van der Waals surface area (Å²) >= 11 is 0. The molecule has 0 radical (unpaired) electrons. The van der Waals surface area contributed by atoms with Crippen molar-refractivity contribution in [2.75, 3.05) is 12.3 Å². The molecular weight excluding hydrogens is 226 g/mol. The number of nitrogens with one attached hydrogen (secondary N) is 1. The van der Waals surface area contributed by atoms with Gasteiger partial charge in [-0.3, -0.25) is 4.79 Å². The number of aliphatic hydroxyl groups is 1. The van der Waals surface area contributed by atoms with Crippen LogP contribution in [0.15, 0.2) is 18.3 Å². The van der Waals surface area contributed by atoms with E-state index in [1.54, 1.807) is 0 Å². The maximum absolute atomic E-state index is 11.6. The normalized spacial score (nSPS) is 11.8. The molecule has 0 aliphatic rings. The van der Waals surface area contributed by atoms with Crippen LogP contribution in [0.25, 0.3) is 0 Å². The van der Waals surface area contributed by atoms with Gasteiger partial charge in [0.05, 0.1) is 11.9 Å². The minimum absolute atomic E-state index is 0.0595. The number of anilines is 1. The highest BCUT2D eigenvalue weighted by molar-refractivity contribution is 5.95. The number of hydrogen-bond donors (Lipinski definition) is 4. The van der Waals surface area contributed by atoms with E-state index in [-0.39, 0.29) is 18.7 Å². The number of hydrogen-bond acceptors (Lipinski definition) is 5. The highest BCUT2D eigenvalue weighted by atomic mass is 16.4. The Labute approximate surface area is 97.3 Å². The molecule has 5 N–H and O–H groups in total. The van der Waals surface area contributed by atoms with E-state index < -0.39 is 17.9 Å². The number of aliphatic hydroxyl groups excluding tert-OH is 1. The molecule has 92 valence electrons. The Morgan fingerprint density at radius 3 is 2.65 bits per heavy atom. The Hall–Kier alpha value is -2.15. The Kier molecular flexibility index (Phi) is 4.41. The molecule has 7 heteroatoms. The zero-order valence-corrected chi connectivity index (χ0v) is 8.96. The van der Waals surface area contributed by atoms with Crippen molar-refractivity contribution < 1.29 is 19.8 Å². The molecule has 1 aromatic heterocycles. The van der Waals surface area contributed by atoms with Crippen molar-refractivity contribution in [1.29, 1.82) is 0 Å². The summed E-state index contributed by atoms with van der Waals surface area (Å²) in [4.78, 5) is 26.1. The Bertz CT molecular complexity index is 405. The lowest BCUT2D eigenvalue weighted by molar-refractivity contribution is -0.139. The van der Waals surface area contributed by atoms with Gasteiger partial charge >= 0.3 is 5.97 Å². The molecule has 7 nitrogen and oxygen atoms in total. The van der Waals surface area contributed by atoms with Gasteiger partial charge in [-0.1, -0.05) is 0 Å². The molecule has 0 saturated carbocycles. The van der Waals surface area contributed by atoms with E-state index in [1.165, 1.54) is 18.3 Å². The van der Waals surface area contributed by atoms with Crippen molar-refractivity contribution in [2.24, 2.45) is 0 Å². The van der Waals surface area contributed by atoms with Crippen LogP contribution in [0.4, 0.5) is 5.69 Å². The monoisotopic (exact) mass is 239 g/mol. The quantitative estimate of drug-likeness (QED) is 0.534. The number of amides is 1. The molecule has 0 aliphatic carbocycles. The number of carbonyl (C=O) groups excluding carboxylic acids is 1. The first-order chi connectivity index (χ1) is 8.04. The number of nitrogens with zero attached hydrogens (tertiary/aromatic N) is 1. The molecule has 0 unspecified atom stereocenters. The molecular formula is C10H13N3O4. The molecule has 1 aromatic rings. The van der Waals surface area contributed by atoms with Crippen molar-refractivity contribution in [1.82, 2.24) is 10.3 Å². The molecule has 1 amide bonds. The summed E-state index contributed by atoms with van der Waals surface area (Å²) in [6.07, 6.45) is 1.24. The smallest absolute Gasteiger partial charge is 0.326 e. The fourth-order valence-electron chi connectivity index (χ4n) is 1.16. The van der Waals surface area contributed by atoms with Gasteiger partial charge in [-0.05, 0) is 12.1 Å². The third kappa shape index (κ3) is 3.72. The van der Waals surface area contributed by atoms with Gasteiger partial charge in [0, 0.05) is 13.0 Å². The number of rotatable bonds is 5. The third-order valence-electron chi connectivity index (χ3n) is 2.04. The predicted molar refractivity (Wildman–Crippen MR) is 59.2 cm³/mol. The largest absolute Gasteiger partial charge is 0.480 e. The molecule has 0 saturated heterocycles. The van der Waals surface area contributed by atoms with E-state index in [0.717, 1.165) is 0 Å². The zero-order chi connectivity index (χ0) is 12.8. The molecule has 0 spiro atoms. The molecule has 0 aromatic carbocycles. The van der Waals surface area contributed by atoms with Gasteiger partial charge in [-0.15, -0.1) is 0 Å². The summed E-state index contributed by atoms with van der Waals surface area (Å²) in [5.74, 6) is -1.83. The van der Waals surface area contributed by atoms with Gasteiger partial charge < -0.3 is 21.3 Å². The van der Waals surface area contributed by atoms with Crippen molar-refractivity contribution in [3.63, 3.8) is 0 Å². The lowest BCUT2D eigenvalue weighted by Gasteiger charge is -2.12. The number of pyridine rings is 1. The first kappa shape index (κ1) is 12.9. The van der Waals surface area contributed by atoms with Gasteiger partial charge in [0.25, 0.3) is 5.91 Å². The lowest BCUT2D eigenvalue weighted by atomic mass is 10.2. The van der Waals surface area contributed by atoms with Crippen LogP contribution in [0.1, 0.15) is 16.9 Å². The number of aromatic nitrogens is 1. The van der Waals surface area contributed by atoms with Crippen molar-refractivity contribution in [3.8, 4) is 0 Å². The summed E-state index contributed by atoms with van der Waals surface area (Å²) in [6.45, 7) is -0.327. The van der Waals surface area contributed by atoms with E-state index in [4.69, 9.17) is 15.9 Å². The van der Waals surface area contributed by atoms with Crippen LogP contribution >= 0.6 is 0 Å². The summed E-state index contributed by atoms with van der Waals surface area (Å²) in [6, 6.07) is 1.75. The van der Waals surface area contributed by atoms with E-state index in [2.05, 4.69) is 10.3 Å². The maximum atomic E-state index is 11.6. The fraction of sp³-hybridized carbons (Fsp3) is 0.300. The summed E-state index contributed by atoms with van der Waals surface area (Å²) in [5.41, 5.74) is 5.88. The van der Waals surface area contributed by atoms with Crippen LogP contribution in [0.3, 0.4) is 0 Å². The van der Waals surface area contributed by atoms with Crippen molar-refractivity contribution >= 4 is 17.6 Å². The Morgan fingerprint density at radius 1 is 1.47 bits per heavy atom. The number of aliphatic carboxylic acids is 1. The van der Waals surface area contributed by atoms with E-state index >= 15 is 0 Å². The Balaban J connectivity index is 2.70. The maximum Gasteiger partial charge on any atom is 0.326 e. The standard InChI is InChI=1S/C10H13N3O4/c11-6-1-2-7(12-5-6)9(15)13-8(3-4-14)10(16)17/h1-2,5,8,14H,3-4,11H2,(H,13,15)(H,16,17)/t8-/m1/s1. The van der Waals surface area contributed by atoms with Gasteiger partial charge in [0.2, 0.25) is 0 Å². The molecule has 17 heavy (non-hydrogen) atoms. The summed E-state index contributed by atoms with van der Waals surface area (Å²) < 4.78 is 0. The number of carbonyl (C=O) groups is 2. The van der Waals surface area contributed by atoms with Crippen LogP contribution in [0, 0.1) is 0 Å². The average molecular weight is 239 g/mol. The average Bonchev–Trinajstić information content (AvgIpc) is 2.29. The van der Waals surface area contributed by atoms with E-state index in [9.17, 15) is 9.59 Å². The number of nitrogen functional groups attached to an aromatic ring is 1. The van der Waals surface area contributed by atoms with Crippen LogP contribution < -0.4 is 11.1 Å². The fourth-order valence-corrected chi connectivity index (χ4v) is 1.16. The van der Waals surface area contributed by atoms with Crippen LogP contribution in [0.5, 0.6) is 0 Å². The van der Waals surface area contributed by atoms with Crippen LogP contribution in [-0.4, -0.2) is 39.7 Å². The summed E-state index contributed by atoms with van der Waals surface area (Å²) in [7, 11) is 0. The molecule has 0 bridgehead atoms. The zero-order valence-electron chi connectivity index (χ0n) is 8.96. The molecule has 1 atom stereocenters. The van der Waals surface area contributed by atoms with E-state index in [0.29, 0.717) is 5.69 Å². The predicted octanol–water partition coefficient (Wildman–Crippen LogP) is -0.771. The second kappa shape index (κ2) is 5.80. The SMILES string of the molecule is Nc1ccc(C(=O)N[C@H](CCO)C(=O)O)nc1. The van der Waals surface area contributed by atoms with Crippen molar-refractivity contribution in [3.05, 3.63) is 24.0 Å².